The van der Waals surface area contributed by atoms with E-state index >= 15 is 0 Å². The lowest BCUT2D eigenvalue weighted by Gasteiger charge is -2.24. The topological polar surface area (TPSA) is 81.4 Å². The van der Waals surface area contributed by atoms with Gasteiger partial charge in [-0.05, 0) is 26.7 Å². The summed E-state index contributed by atoms with van der Waals surface area (Å²) in [5.41, 5.74) is 4.86. The van der Waals surface area contributed by atoms with Crippen LogP contribution in [0, 0.1) is 5.92 Å². The molecule has 19 heavy (non-hydrogen) atoms. The first-order valence-electron chi connectivity index (χ1n) is 7.14. The maximum absolute atomic E-state index is 11.9. The molecule has 0 spiro atoms. The zero-order valence-electron chi connectivity index (χ0n) is 12.0. The summed E-state index contributed by atoms with van der Waals surface area (Å²) in [5, 5.41) is 2.89. The maximum Gasteiger partial charge on any atom is 0.307 e. The third kappa shape index (κ3) is 6.05. The molecule has 0 saturated carbocycles. The molecule has 110 valence electrons. The van der Waals surface area contributed by atoms with E-state index in [1.807, 2.05) is 0 Å². The third-order valence-electron chi connectivity index (χ3n) is 3.44. The molecule has 0 aromatic carbocycles. The fourth-order valence-corrected chi connectivity index (χ4v) is 2.14. The smallest absolute Gasteiger partial charge is 0.307 e. The Morgan fingerprint density at radius 3 is 2.74 bits per heavy atom. The van der Waals surface area contributed by atoms with E-state index in [4.69, 9.17) is 10.5 Å². The van der Waals surface area contributed by atoms with Crippen molar-refractivity contribution in [2.75, 3.05) is 13.1 Å². The second-order valence-electron chi connectivity index (χ2n) is 5.83. The first kappa shape index (κ1) is 16.0. The standard InChI is InChI=1S/C14H26N2O3/c1-14(2,10-15)19-12(17)9-11-7-5-3-4-6-8-16-13(11)18/h11H,3-10,15H2,1-2H3,(H,16,18). The summed E-state index contributed by atoms with van der Waals surface area (Å²) in [5.74, 6) is -0.626. The van der Waals surface area contributed by atoms with Gasteiger partial charge >= 0.3 is 5.97 Å². The van der Waals surface area contributed by atoms with Crippen molar-refractivity contribution < 1.29 is 14.3 Å². The van der Waals surface area contributed by atoms with Crippen LogP contribution in [-0.4, -0.2) is 30.6 Å². The molecule has 1 rings (SSSR count). The molecule has 5 nitrogen and oxygen atoms in total. The maximum atomic E-state index is 11.9. The normalized spacial score (nSPS) is 21.8. The van der Waals surface area contributed by atoms with Gasteiger partial charge in [-0.25, -0.2) is 0 Å². The van der Waals surface area contributed by atoms with Crippen molar-refractivity contribution in [1.29, 1.82) is 0 Å². The summed E-state index contributed by atoms with van der Waals surface area (Å²) >= 11 is 0. The van der Waals surface area contributed by atoms with Gasteiger partial charge < -0.3 is 15.8 Å². The average molecular weight is 270 g/mol. The van der Waals surface area contributed by atoms with Crippen LogP contribution in [0.5, 0.6) is 0 Å². The molecule has 1 heterocycles. The molecule has 0 aliphatic carbocycles. The van der Waals surface area contributed by atoms with Crippen molar-refractivity contribution in [3.63, 3.8) is 0 Å². The van der Waals surface area contributed by atoms with Crippen molar-refractivity contribution in [3.05, 3.63) is 0 Å². The average Bonchev–Trinajstić information content (AvgIpc) is 2.43. The lowest BCUT2D eigenvalue weighted by molar-refractivity contribution is -0.158. The van der Waals surface area contributed by atoms with Crippen LogP contribution >= 0.6 is 0 Å². The van der Waals surface area contributed by atoms with E-state index in [2.05, 4.69) is 5.32 Å². The van der Waals surface area contributed by atoms with Crippen LogP contribution in [0.2, 0.25) is 0 Å². The summed E-state index contributed by atoms with van der Waals surface area (Å²) in [6.07, 6.45) is 5.17. The molecule has 5 heteroatoms. The van der Waals surface area contributed by atoms with Gasteiger partial charge in [0.1, 0.15) is 5.60 Å². The minimum atomic E-state index is -0.661. The van der Waals surface area contributed by atoms with Gasteiger partial charge in [-0.1, -0.05) is 19.3 Å². The monoisotopic (exact) mass is 270 g/mol. The van der Waals surface area contributed by atoms with E-state index in [-0.39, 0.29) is 30.8 Å². The van der Waals surface area contributed by atoms with E-state index in [9.17, 15) is 9.59 Å². The summed E-state index contributed by atoms with van der Waals surface area (Å²) in [6, 6.07) is 0. The van der Waals surface area contributed by atoms with Crippen LogP contribution in [0.3, 0.4) is 0 Å². The predicted octanol–water partition coefficient (Wildman–Crippen LogP) is 1.35. The molecule has 0 aromatic heterocycles. The molecule has 1 aliphatic rings. The van der Waals surface area contributed by atoms with Crippen molar-refractivity contribution in [3.8, 4) is 0 Å². The second kappa shape index (κ2) is 7.48. The number of amides is 1. The van der Waals surface area contributed by atoms with Crippen LogP contribution in [0.4, 0.5) is 0 Å². The largest absolute Gasteiger partial charge is 0.458 e. The van der Waals surface area contributed by atoms with Gasteiger partial charge in [0.25, 0.3) is 0 Å². The van der Waals surface area contributed by atoms with Gasteiger partial charge in [0.2, 0.25) is 5.91 Å². The van der Waals surface area contributed by atoms with E-state index < -0.39 is 5.60 Å². The fourth-order valence-electron chi connectivity index (χ4n) is 2.14. The van der Waals surface area contributed by atoms with Crippen molar-refractivity contribution >= 4 is 11.9 Å². The Kier molecular flexibility index (Phi) is 6.28. The first-order chi connectivity index (χ1) is 8.94. The van der Waals surface area contributed by atoms with Crippen LogP contribution in [0.25, 0.3) is 0 Å². The van der Waals surface area contributed by atoms with Gasteiger partial charge in [0.05, 0.1) is 6.42 Å². The highest BCUT2D eigenvalue weighted by Crippen LogP contribution is 2.19. The van der Waals surface area contributed by atoms with Gasteiger partial charge in [-0.3, -0.25) is 9.59 Å². The zero-order chi connectivity index (χ0) is 14.3. The lowest BCUT2D eigenvalue weighted by atomic mass is 9.97. The molecule has 1 atom stereocenters. The number of nitrogens with two attached hydrogens (primary N) is 1. The Morgan fingerprint density at radius 1 is 1.37 bits per heavy atom. The quantitative estimate of drug-likeness (QED) is 0.756. The molecule has 1 amide bonds. The second-order valence-corrected chi connectivity index (χ2v) is 5.83. The van der Waals surface area contributed by atoms with Crippen molar-refractivity contribution in [2.45, 2.75) is 58.0 Å². The Hall–Kier alpha value is -1.10. The number of esters is 1. The van der Waals surface area contributed by atoms with Gasteiger partial charge in [0, 0.05) is 19.0 Å². The van der Waals surface area contributed by atoms with Crippen LogP contribution in [-0.2, 0) is 14.3 Å². The minimum absolute atomic E-state index is 0.0237. The number of rotatable bonds is 4. The predicted molar refractivity (Wildman–Crippen MR) is 73.4 cm³/mol. The van der Waals surface area contributed by atoms with Gasteiger partial charge in [0.15, 0.2) is 0 Å². The van der Waals surface area contributed by atoms with Gasteiger partial charge in [-0.15, -0.1) is 0 Å². The van der Waals surface area contributed by atoms with Crippen LogP contribution in [0.15, 0.2) is 0 Å². The summed E-state index contributed by atoms with van der Waals surface area (Å²) in [4.78, 5) is 23.8. The minimum Gasteiger partial charge on any atom is -0.458 e. The number of carbonyl (C=O) groups excluding carboxylic acids is 2. The molecular weight excluding hydrogens is 244 g/mol. The summed E-state index contributed by atoms with van der Waals surface area (Å²) in [7, 11) is 0. The molecule has 1 unspecified atom stereocenters. The van der Waals surface area contributed by atoms with E-state index in [1.54, 1.807) is 13.8 Å². The molecule has 0 bridgehead atoms. The molecule has 0 radical (unpaired) electrons. The highest BCUT2D eigenvalue weighted by molar-refractivity contribution is 5.83. The first-order valence-corrected chi connectivity index (χ1v) is 7.14. The van der Waals surface area contributed by atoms with Crippen LogP contribution in [0.1, 0.15) is 52.4 Å². The molecule has 1 saturated heterocycles. The molecule has 0 aromatic rings. The SMILES string of the molecule is CC(C)(CN)OC(=O)CC1CCCCCCNC1=O. The molecule has 1 aliphatic heterocycles. The number of nitrogens with one attached hydrogen (secondary N) is 1. The third-order valence-corrected chi connectivity index (χ3v) is 3.44. The number of carbonyl (C=O) groups is 2. The van der Waals surface area contributed by atoms with Crippen molar-refractivity contribution in [1.82, 2.24) is 5.32 Å². The van der Waals surface area contributed by atoms with Crippen LogP contribution < -0.4 is 11.1 Å². The molecule has 1 fully saturated rings. The fraction of sp³-hybridized carbons (Fsp3) is 0.857. The molecular formula is C14H26N2O3. The Bertz CT molecular complexity index is 316. The van der Waals surface area contributed by atoms with Crippen molar-refractivity contribution in [2.24, 2.45) is 11.7 Å². The van der Waals surface area contributed by atoms with E-state index in [0.29, 0.717) is 6.54 Å². The Balaban J connectivity index is 2.51. The number of ether oxygens (including phenoxy) is 1. The zero-order valence-corrected chi connectivity index (χ0v) is 12.0. The number of hydrogen-bond acceptors (Lipinski definition) is 4. The summed E-state index contributed by atoms with van der Waals surface area (Å²) < 4.78 is 5.30. The lowest BCUT2D eigenvalue weighted by Crippen LogP contribution is -2.38. The Labute approximate surface area is 115 Å². The van der Waals surface area contributed by atoms with Gasteiger partial charge in [-0.2, -0.15) is 0 Å². The Morgan fingerprint density at radius 2 is 2.05 bits per heavy atom. The highest BCUT2D eigenvalue weighted by Gasteiger charge is 2.26. The summed E-state index contributed by atoms with van der Waals surface area (Å²) in [6.45, 7) is 4.52. The van der Waals surface area contributed by atoms with E-state index in [1.165, 1.54) is 0 Å². The molecule has 3 N–H and O–H groups in total. The van der Waals surface area contributed by atoms with E-state index in [0.717, 1.165) is 32.1 Å². The number of hydrogen-bond donors (Lipinski definition) is 2. The highest BCUT2D eigenvalue weighted by atomic mass is 16.6.